The van der Waals surface area contributed by atoms with Gasteiger partial charge in [0.2, 0.25) is 0 Å². The number of hydrogen-bond donors (Lipinski definition) is 1. The molecule has 0 unspecified atom stereocenters. The minimum atomic E-state index is -0.545. The smallest absolute Gasteiger partial charge is 0.410 e. The summed E-state index contributed by atoms with van der Waals surface area (Å²) in [6.45, 7) is 12.5. The maximum absolute atomic E-state index is 12.8. The molecule has 0 atom stereocenters. The van der Waals surface area contributed by atoms with Gasteiger partial charge in [-0.1, -0.05) is 20.8 Å². The van der Waals surface area contributed by atoms with Gasteiger partial charge in [-0.15, -0.1) is 0 Å². The summed E-state index contributed by atoms with van der Waals surface area (Å²) in [6.07, 6.45) is 0.109. The minimum absolute atomic E-state index is 0.0839. The molecule has 1 aliphatic heterocycles. The number of carbonyl (C=O) groups is 1. The summed E-state index contributed by atoms with van der Waals surface area (Å²) in [4.78, 5) is 31.3. The third kappa shape index (κ3) is 3.41. The highest BCUT2D eigenvalue weighted by atomic mass is 16.6. The molecule has 1 amide bonds. The molecule has 2 aromatic rings. The van der Waals surface area contributed by atoms with Crippen LogP contribution in [0.1, 0.15) is 58.5 Å². The molecule has 0 bridgehead atoms. The van der Waals surface area contributed by atoms with E-state index in [2.05, 4.69) is 30.9 Å². The molecule has 3 heterocycles. The average molecular weight is 346 g/mol. The lowest BCUT2D eigenvalue weighted by Crippen LogP contribution is -2.42. The van der Waals surface area contributed by atoms with Gasteiger partial charge in [0, 0.05) is 29.3 Å². The Morgan fingerprint density at radius 3 is 2.52 bits per heavy atom. The van der Waals surface area contributed by atoms with Crippen LogP contribution in [0.3, 0.4) is 0 Å². The van der Waals surface area contributed by atoms with Crippen molar-refractivity contribution in [1.29, 1.82) is 0 Å². The van der Waals surface area contributed by atoms with Crippen molar-refractivity contribution in [1.82, 2.24) is 19.5 Å². The number of nitrogens with zero attached hydrogens (tertiary/aromatic N) is 3. The number of amides is 1. The first-order valence-electron chi connectivity index (χ1n) is 8.58. The van der Waals surface area contributed by atoms with E-state index in [1.807, 2.05) is 26.8 Å². The van der Waals surface area contributed by atoms with E-state index in [9.17, 15) is 9.59 Å². The number of H-pyrrole nitrogens is 1. The summed E-state index contributed by atoms with van der Waals surface area (Å²) in [5.41, 5.74) is 2.11. The van der Waals surface area contributed by atoms with Crippen molar-refractivity contribution in [3.63, 3.8) is 0 Å². The topological polar surface area (TPSA) is 79.7 Å². The summed E-state index contributed by atoms with van der Waals surface area (Å²) >= 11 is 0. The molecule has 0 fully saturated rings. The van der Waals surface area contributed by atoms with Crippen molar-refractivity contribution in [3.05, 3.63) is 33.4 Å². The number of fused-ring (bicyclic) bond motifs is 2. The van der Waals surface area contributed by atoms with Crippen LogP contribution in [0.4, 0.5) is 4.79 Å². The van der Waals surface area contributed by atoms with Gasteiger partial charge in [-0.05, 0) is 27.2 Å². The van der Waals surface area contributed by atoms with E-state index in [0.29, 0.717) is 36.4 Å². The SMILES string of the molecule is CC(C)(C)OC(=O)N1CCc2c(nc3cc(C(C)(C)C)[nH]n3c2=O)C1. The molecule has 1 aliphatic rings. The summed E-state index contributed by atoms with van der Waals surface area (Å²) < 4.78 is 6.93. The minimum Gasteiger partial charge on any atom is -0.444 e. The fraction of sp³-hybridized carbons (Fsp3) is 0.611. The second-order valence-electron chi connectivity index (χ2n) is 8.61. The molecule has 25 heavy (non-hydrogen) atoms. The maximum atomic E-state index is 12.8. The van der Waals surface area contributed by atoms with Crippen LogP contribution in [-0.2, 0) is 23.1 Å². The van der Waals surface area contributed by atoms with Gasteiger partial charge in [0.1, 0.15) is 5.60 Å². The first kappa shape index (κ1) is 17.5. The molecule has 0 aliphatic carbocycles. The fourth-order valence-electron chi connectivity index (χ4n) is 2.86. The fourth-order valence-corrected chi connectivity index (χ4v) is 2.86. The molecule has 0 spiro atoms. The van der Waals surface area contributed by atoms with Crippen LogP contribution in [0.5, 0.6) is 0 Å². The zero-order valence-electron chi connectivity index (χ0n) is 15.8. The second-order valence-corrected chi connectivity index (χ2v) is 8.61. The Morgan fingerprint density at radius 1 is 1.24 bits per heavy atom. The molecule has 0 saturated carbocycles. The van der Waals surface area contributed by atoms with Crippen LogP contribution in [0, 0.1) is 0 Å². The maximum Gasteiger partial charge on any atom is 0.410 e. The summed E-state index contributed by atoms with van der Waals surface area (Å²) in [6, 6.07) is 1.90. The Bertz CT molecular complexity index is 881. The second kappa shape index (κ2) is 5.61. The third-order valence-electron chi connectivity index (χ3n) is 4.23. The van der Waals surface area contributed by atoms with E-state index in [1.54, 1.807) is 4.90 Å². The molecule has 0 aromatic carbocycles. The van der Waals surface area contributed by atoms with Gasteiger partial charge in [0.15, 0.2) is 5.65 Å². The van der Waals surface area contributed by atoms with Gasteiger partial charge in [0.05, 0.1) is 12.2 Å². The van der Waals surface area contributed by atoms with E-state index in [4.69, 9.17) is 4.74 Å². The van der Waals surface area contributed by atoms with E-state index in [0.717, 1.165) is 5.69 Å². The first-order valence-corrected chi connectivity index (χ1v) is 8.58. The molecule has 2 aromatic heterocycles. The summed E-state index contributed by atoms with van der Waals surface area (Å²) in [5.74, 6) is 0. The van der Waals surface area contributed by atoms with E-state index in [-0.39, 0.29) is 17.1 Å². The lowest BCUT2D eigenvalue weighted by atomic mass is 9.93. The molecule has 0 saturated heterocycles. The van der Waals surface area contributed by atoms with Gasteiger partial charge in [-0.3, -0.25) is 9.89 Å². The van der Waals surface area contributed by atoms with E-state index in [1.165, 1.54) is 4.52 Å². The quantitative estimate of drug-likeness (QED) is 0.795. The Labute approximate surface area is 147 Å². The molecule has 1 N–H and O–H groups in total. The largest absolute Gasteiger partial charge is 0.444 e. The van der Waals surface area contributed by atoms with Crippen molar-refractivity contribution >= 4 is 11.7 Å². The Balaban J connectivity index is 1.96. The predicted molar refractivity (Wildman–Crippen MR) is 94.9 cm³/mol. The Kier molecular flexibility index (Phi) is 3.93. The van der Waals surface area contributed by atoms with Crippen LogP contribution in [0.2, 0.25) is 0 Å². The number of carbonyl (C=O) groups excluding carboxylic acids is 1. The molecule has 7 nitrogen and oxygen atoms in total. The third-order valence-corrected chi connectivity index (χ3v) is 4.23. The average Bonchev–Trinajstić information content (AvgIpc) is 2.89. The first-order chi connectivity index (χ1) is 11.5. The summed E-state index contributed by atoms with van der Waals surface area (Å²) in [5, 5.41) is 3.16. The molecule has 0 radical (unpaired) electrons. The predicted octanol–water partition coefficient (Wildman–Crippen LogP) is 2.61. The van der Waals surface area contributed by atoms with Gasteiger partial charge in [-0.2, -0.15) is 0 Å². The number of aromatic nitrogens is 3. The van der Waals surface area contributed by atoms with Gasteiger partial charge < -0.3 is 9.64 Å². The zero-order valence-corrected chi connectivity index (χ0v) is 15.8. The Morgan fingerprint density at radius 2 is 1.92 bits per heavy atom. The normalized spacial score (nSPS) is 15.4. The molecule has 3 rings (SSSR count). The molecule has 7 heteroatoms. The van der Waals surface area contributed by atoms with Crippen LogP contribution in [0.15, 0.2) is 10.9 Å². The van der Waals surface area contributed by atoms with Gasteiger partial charge in [0.25, 0.3) is 5.56 Å². The Hall–Kier alpha value is -2.31. The number of ether oxygens (including phenoxy) is 1. The monoisotopic (exact) mass is 346 g/mol. The zero-order chi connectivity index (χ0) is 18.6. The number of rotatable bonds is 0. The number of nitrogens with one attached hydrogen (secondary N) is 1. The van der Waals surface area contributed by atoms with E-state index >= 15 is 0 Å². The summed E-state index contributed by atoms with van der Waals surface area (Å²) in [7, 11) is 0. The van der Waals surface area contributed by atoms with Crippen LogP contribution in [-0.4, -0.2) is 37.7 Å². The molecular weight excluding hydrogens is 320 g/mol. The lowest BCUT2D eigenvalue weighted by molar-refractivity contribution is 0.0220. The van der Waals surface area contributed by atoms with Crippen LogP contribution < -0.4 is 5.56 Å². The van der Waals surface area contributed by atoms with Crippen molar-refractivity contribution < 1.29 is 9.53 Å². The van der Waals surface area contributed by atoms with Crippen LogP contribution in [0.25, 0.3) is 5.65 Å². The standard InChI is InChI=1S/C18H26N4O3/c1-17(2,3)13-9-14-19-12-10-21(16(24)25-18(4,5)6)8-7-11(12)15(23)22(14)20-13/h9,20H,7-8,10H2,1-6H3. The number of hydrogen-bond acceptors (Lipinski definition) is 4. The van der Waals surface area contributed by atoms with Gasteiger partial charge >= 0.3 is 6.09 Å². The molecular formula is C18H26N4O3. The van der Waals surface area contributed by atoms with Gasteiger partial charge in [-0.25, -0.2) is 14.3 Å². The van der Waals surface area contributed by atoms with Crippen LogP contribution >= 0.6 is 0 Å². The van der Waals surface area contributed by atoms with Crippen molar-refractivity contribution in [3.8, 4) is 0 Å². The van der Waals surface area contributed by atoms with E-state index < -0.39 is 5.60 Å². The number of aromatic amines is 1. The lowest BCUT2D eigenvalue weighted by Gasteiger charge is -2.30. The highest BCUT2D eigenvalue weighted by Gasteiger charge is 2.29. The highest BCUT2D eigenvalue weighted by Crippen LogP contribution is 2.23. The molecule has 136 valence electrons. The highest BCUT2D eigenvalue weighted by molar-refractivity contribution is 5.68. The van der Waals surface area contributed by atoms with Crippen molar-refractivity contribution in [2.75, 3.05) is 6.54 Å². The van der Waals surface area contributed by atoms with Crippen molar-refractivity contribution in [2.24, 2.45) is 0 Å². The van der Waals surface area contributed by atoms with Crippen molar-refractivity contribution in [2.45, 2.75) is 65.5 Å².